The fraction of sp³-hybridized carbons (Fsp3) is 0.423. The molecule has 3 atom stereocenters. The van der Waals surface area contributed by atoms with Crippen molar-refractivity contribution in [3.8, 4) is 11.1 Å². The minimum Gasteiger partial charge on any atom is -0.479 e. The van der Waals surface area contributed by atoms with Crippen LogP contribution in [-0.2, 0) is 14.3 Å². The summed E-state index contributed by atoms with van der Waals surface area (Å²) in [5.41, 5.74) is 2.85. The number of aliphatic carboxylic acids is 1. The molecule has 4 rings (SSSR count). The van der Waals surface area contributed by atoms with Crippen molar-refractivity contribution in [1.29, 1.82) is 0 Å². The quantitative estimate of drug-likeness (QED) is 0.474. The van der Waals surface area contributed by atoms with Gasteiger partial charge in [0.2, 0.25) is 5.91 Å². The van der Waals surface area contributed by atoms with E-state index >= 15 is 0 Å². The van der Waals surface area contributed by atoms with Gasteiger partial charge >= 0.3 is 12.1 Å². The number of ether oxygens (including phenoxy) is 1. The van der Waals surface area contributed by atoms with Crippen LogP contribution >= 0.6 is 0 Å². The van der Waals surface area contributed by atoms with Crippen LogP contribution in [0.4, 0.5) is 4.79 Å². The maximum atomic E-state index is 12.7. The highest BCUT2D eigenvalue weighted by Gasteiger charge is 2.40. The summed E-state index contributed by atoms with van der Waals surface area (Å²) in [6, 6.07) is 16.2. The number of hydrogen-bond acceptors (Lipinski definition) is 5. The minimum atomic E-state index is -1.73. The zero-order valence-electron chi connectivity index (χ0n) is 19.1. The molecule has 2 aromatic rings. The van der Waals surface area contributed by atoms with Crippen molar-refractivity contribution in [1.82, 2.24) is 10.6 Å². The molecule has 0 aromatic heterocycles. The Bertz CT molecular complexity index is 1040. The van der Waals surface area contributed by atoms with Crippen LogP contribution < -0.4 is 10.6 Å². The Hall–Kier alpha value is -3.39. The van der Waals surface area contributed by atoms with E-state index in [1.165, 1.54) is 6.92 Å². The van der Waals surface area contributed by atoms with Crippen LogP contribution in [0.15, 0.2) is 48.5 Å². The van der Waals surface area contributed by atoms with E-state index in [0.29, 0.717) is 6.42 Å². The minimum absolute atomic E-state index is 0.0321. The second-order valence-electron chi connectivity index (χ2n) is 9.29. The van der Waals surface area contributed by atoms with E-state index in [0.717, 1.165) is 35.1 Å². The zero-order valence-corrected chi connectivity index (χ0v) is 19.1. The van der Waals surface area contributed by atoms with Crippen molar-refractivity contribution in [2.45, 2.75) is 37.6 Å². The molecule has 2 aromatic carbocycles. The van der Waals surface area contributed by atoms with Crippen molar-refractivity contribution in [3.63, 3.8) is 0 Å². The smallest absolute Gasteiger partial charge is 0.407 e. The number of carboxylic acid groups (broad SMARTS) is 1. The van der Waals surface area contributed by atoms with Crippen molar-refractivity contribution in [3.05, 3.63) is 59.7 Å². The van der Waals surface area contributed by atoms with Crippen LogP contribution in [0.5, 0.6) is 0 Å². The number of nitrogens with one attached hydrogen (secondary N) is 2. The molecular formula is C26H30N2O6. The Morgan fingerprint density at radius 2 is 1.65 bits per heavy atom. The molecule has 0 aliphatic heterocycles. The van der Waals surface area contributed by atoms with Gasteiger partial charge in [0.15, 0.2) is 5.54 Å². The Labute approximate surface area is 198 Å². The summed E-state index contributed by atoms with van der Waals surface area (Å²) in [7, 11) is 0. The monoisotopic (exact) mass is 466 g/mol. The number of aliphatic hydroxyl groups is 1. The molecule has 8 nitrogen and oxygen atoms in total. The SMILES string of the molecule is CC(CO)(NC(=O)C1CCCC1CNC(=O)OCC1c2ccccc2-c2ccccc21)C(=O)O. The number of carboxylic acids is 1. The molecule has 8 heteroatoms. The molecule has 3 unspecified atom stereocenters. The lowest BCUT2D eigenvalue weighted by Crippen LogP contribution is -2.56. The molecule has 180 valence electrons. The van der Waals surface area contributed by atoms with Gasteiger partial charge in [-0.15, -0.1) is 0 Å². The van der Waals surface area contributed by atoms with Gasteiger partial charge in [-0.2, -0.15) is 0 Å². The van der Waals surface area contributed by atoms with Gasteiger partial charge in [-0.25, -0.2) is 9.59 Å². The zero-order chi connectivity index (χ0) is 24.3. The number of fused-ring (bicyclic) bond motifs is 3. The number of carbonyl (C=O) groups is 3. The molecule has 34 heavy (non-hydrogen) atoms. The van der Waals surface area contributed by atoms with Crippen LogP contribution in [0.25, 0.3) is 11.1 Å². The van der Waals surface area contributed by atoms with E-state index in [4.69, 9.17) is 4.74 Å². The van der Waals surface area contributed by atoms with Crippen LogP contribution in [0, 0.1) is 11.8 Å². The average Bonchev–Trinajstić information content (AvgIpc) is 3.44. The lowest BCUT2D eigenvalue weighted by Gasteiger charge is -2.27. The van der Waals surface area contributed by atoms with E-state index < -0.39 is 36.0 Å². The molecular weight excluding hydrogens is 436 g/mol. The van der Waals surface area contributed by atoms with Crippen LogP contribution in [0.2, 0.25) is 0 Å². The third kappa shape index (κ3) is 4.63. The lowest BCUT2D eigenvalue weighted by atomic mass is 9.93. The largest absolute Gasteiger partial charge is 0.479 e. The summed E-state index contributed by atoms with van der Waals surface area (Å²) in [5, 5.41) is 23.9. The van der Waals surface area contributed by atoms with Gasteiger partial charge in [-0.05, 0) is 47.9 Å². The third-order valence-electron chi connectivity index (χ3n) is 7.04. The van der Waals surface area contributed by atoms with E-state index in [2.05, 4.69) is 34.9 Å². The fourth-order valence-corrected chi connectivity index (χ4v) is 5.02. The molecule has 0 bridgehead atoms. The van der Waals surface area contributed by atoms with Crippen LogP contribution in [-0.4, -0.2) is 53.5 Å². The van der Waals surface area contributed by atoms with Gasteiger partial charge in [0, 0.05) is 18.4 Å². The molecule has 0 spiro atoms. The Morgan fingerprint density at radius 3 is 2.24 bits per heavy atom. The number of carbonyl (C=O) groups excluding carboxylic acids is 2. The summed E-state index contributed by atoms with van der Waals surface area (Å²) >= 11 is 0. The predicted octanol–water partition coefficient (Wildman–Crippen LogP) is 2.89. The van der Waals surface area contributed by atoms with E-state index in [1.54, 1.807) is 0 Å². The summed E-state index contributed by atoms with van der Waals surface area (Å²) in [5.74, 6) is -2.31. The Balaban J connectivity index is 1.32. The van der Waals surface area contributed by atoms with Gasteiger partial charge in [0.25, 0.3) is 0 Å². The number of hydrogen-bond donors (Lipinski definition) is 4. The molecule has 2 amide bonds. The van der Waals surface area contributed by atoms with Crippen molar-refractivity contribution >= 4 is 18.0 Å². The predicted molar refractivity (Wildman–Crippen MR) is 125 cm³/mol. The maximum absolute atomic E-state index is 12.7. The summed E-state index contributed by atoms with van der Waals surface area (Å²) < 4.78 is 5.56. The van der Waals surface area contributed by atoms with Crippen LogP contribution in [0.3, 0.4) is 0 Å². The maximum Gasteiger partial charge on any atom is 0.407 e. The number of rotatable bonds is 8. The molecule has 0 saturated heterocycles. The first kappa shape index (κ1) is 23.8. The molecule has 0 heterocycles. The topological polar surface area (TPSA) is 125 Å². The summed E-state index contributed by atoms with van der Waals surface area (Å²) in [4.78, 5) is 36.5. The highest BCUT2D eigenvalue weighted by atomic mass is 16.5. The van der Waals surface area contributed by atoms with Crippen molar-refractivity contribution in [2.75, 3.05) is 19.8 Å². The molecule has 2 aliphatic rings. The highest BCUT2D eigenvalue weighted by molar-refractivity contribution is 5.88. The van der Waals surface area contributed by atoms with E-state index in [-0.39, 0.29) is 25.0 Å². The van der Waals surface area contributed by atoms with Gasteiger partial charge in [0.05, 0.1) is 6.61 Å². The normalized spacial score (nSPS) is 20.6. The molecule has 0 radical (unpaired) electrons. The Morgan fingerprint density at radius 1 is 1.03 bits per heavy atom. The van der Waals surface area contributed by atoms with E-state index in [9.17, 15) is 24.6 Å². The first-order chi connectivity index (χ1) is 16.3. The molecule has 1 saturated carbocycles. The summed E-state index contributed by atoms with van der Waals surface area (Å²) in [6.45, 7) is 1.04. The van der Waals surface area contributed by atoms with Gasteiger partial charge in [0.1, 0.15) is 6.61 Å². The van der Waals surface area contributed by atoms with Gasteiger partial charge in [-0.1, -0.05) is 55.0 Å². The van der Waals surface area contributed by atoms with E-state index in [1.807, 2.05) is 24.3 Å². The summed E-state index contributed by atoms with van der Waals surface area (Å²) in [6.07, 6.45) is 1.60. The number of benzene rings is 2. The van der Waals surface area contributed by atoms with Crippen LogP contribution in [0.1, 0.15) is 43.2 Å². The standard InChI is InChI=1S/C26H30N2O6/c1-26(15-29,24(31)32)28-23(30)17-12-6-7-16(17)13-27-25(33)34-14-22-20-10-4-2-8-18(20)19-9-3-5-11-21(19)22/h2-5,8-11,16-17,22,29H,6-7,12-15H2,1H3,(H,27,33)(H,28,30)(H,31,32). The Kier molecular flexibility index (Phi) is 6.88. The second kappa shape index (κ2) is 9.85. The number of amides is 2. The fourth-order valence-electron chi connectivity index (χ4n) is 5.02. The first-order valence-corrected chi connectivity index (χ1v) is 11.6. The van der Waals surface area contributed by atoms with Gasteiger partial charge < -0.3 is 25.6 Å². The number of aliphatic hydroxyl groups excluding tert-OH is 1. The van der Waals surface area contributed by atoms with Crippen molar-refractivity contribution < 1.29 is 29.3 Å². The molecule has 4 N–H and O–H groups in total. The number of alkyl carbamates (subject to hydrolysis) is 1. The second-order valence-corrected chi connectivity index (χ2v) is 9.29. The van der Waals surface area contributed by atoms with Gasteiger partial charge in [-0.3, -0.25) is 4.79 Å². The highest BCUT2D eigenvalue weighted by Crippen LogP contribution is 2.44. The lowest BCUT2D eigenvalue weighted by molar-refractivity contribution is -0.149. The molecule has 2 aliphatic carbocycles. The molecule has 1 fully saturated rings. The third-order valence-corrected chi connectivity index (χ3v) is 7.04. The first-order valence-electron chi connectivity index (χ1n) is 11.6. The average molecular weight is 467 g/mol. The van der Waals surface area contributed by atoms with Crippen molar-refractivity contribution in [2.24, 2.45) is 11.8 Å².